The van der Waals surface area contributed by atoms with Crippen LogP contribution in [0.5, 0.6) is 0 Å². The largest absolute Gasteiger partial charge is 0.313 e. The van der Waals surface area contributed by atoms with Crippen molar-refractivity contribution in [2.45, 2.75) is 79.3 Å². The predicted molar refractivity (Wildman–Crippen MR) is 85.6 cm³/mol. The SMILES string of the molecule is CCC(CC)N(CC(C)C)CC(C)(C)CNC1CC1. The van der Waals surface area contributed by atoms with Crippen molar-refractivity contribution in [3.63, 3.8) is 0 Å². The fraction of sp³-hybridized carbons (Fsp3) is 1.00. The highest BCUT2D eigenvalue weighted by molar-refractivity contribution is 4.86. The smallest absolute Gasteiger partial charge is 0.00903 e. The molecular weight excluding hydrogens is 232 g/mol. The third kappa shape index (κ3) is 6.76. The highest BCUT2D eigenvalue weighted by Crippen LogP contribution is 2.24. The van der Waals surface area contributed by atoms with Crippen LogP contribution in [0.15, 0.2) is 0 Å². The van der Waals surface area contributed by atoms with E-state index >= 15 is 0 Å². The maximum Gasteiger partial charge on any atom is 0.00903 e. The number of nitrogens with zero attached hydrogens (tertiary/aromatic N) is 1. The monoisotopic (exact) mass is 268 g/mol. The van der Waals surface area contributed by atoms with Gasteiger partial charge in [-0.2, -0.15) is 0 Å². The Morgan fingerprint density at radius 3 is 2.16 bits per heavy atom. The maximum atomic E-state index is 3.70. The molecule has 1 fully saturated rings. The summed E-state index contributed by atoms with van der Waals surface area (Å²) in [6, 6.07) is 1.58. The van der Waals surface area contributed by atoms with Crippen molar-refractivity contribution in [1.82, 2.24) is 10.2 Å². The van der Waals surface area contributed by atoms with Crippen LogP contribution in [-0.4, -0.2) is 36.6 Å². The molecule has 0 spiro atoms. The summed E-state index contributed by atoms with van der Waals surface area (Å²) in [7, 11) is 0. The Balaban J connectivity index is 2.51. The molecule has 114 valence electrons. The molecular formula is C17H36N2. The van der Waals surface area contributed by atoms with Gasteiger partial charge in [-0.3, -0.25) is 4.90 Å². The number of hydrogen-bond acceptors (Lipinski definition) is 2. The second-order valence-corrected chi connectivity index (χ2v) is 7.61. The lowest BCUT2D eigenvalue weighted by Crippen LogP contribution is -2.46. The minimum absolute atomic E-state index is 0.375. The molecule has 1 rings (SSSR count). The maximum absolute atomic E-state index is 3.70. The van der Waals surface area contributed by atoms with E-state index in [0.29, 0.717) is 5.41 Å². The third-order valence-electron chi connectivity index (χ3n) is 4.14. The molecule has 1 saturated carbocycles. The van der Waals surface area contributed by atoms with Gasteiger partial charge in [-0.25, -0.2) is 0 Å². The van der Waals surface area contributed by atoms with E-state index in [1.165, 1.54) is 38.8 Å². The molecule has 0 aromatic heterocycles. The van der Waals surface area contributed by atoms with Gasteiger partial charge >= 0.3 is 0 Å². The molecule has 1 aliphatic carbocycles. The Morgan fingerprint density at radius 2 is 1.74 bits per heavy atom. The first-order valence-corrected chi connectivity index (χ1v) is 8.35. The van der Waals surface area contributed by atoms with Gasteiger partial charge in [0.1, 0.15) is 0 Å². The van der Waals surface area contributed by atoms with Gasteiger partial charge < -0.3 is 5.32 Å². The van der Waals surface area contributed by atoms with Crippen LogP contribution in [0.25, 0.3) is 0 Å². The number of hydrogen-bond donors (Lipinski definition) is 1. The third-order valence-corrected chi connectivity index (χ3v) is 4.14. The molecule has 1 aliphatic rings. The lowest BCUT2D eigenvalue weighted by molar-refractivity contribution is 0.107. The van der Waals surface area contributed by atoms with Crippen LogP contribution in [-0.2, 0) is 0 Å². The van der Waals surface area contributed by atoms with Gasteiger partial charge in [-0.15, -0.1) is 0 Å². The Hall–Kier alpha value is -0.0800. The highest BCUT2D eigenvalue weighted by Gasteiger charge is 2.28. The van der Waals surface area contributed by atoms with E-state index in [1.807, 2.05) is 0 Å². The van der Waals surface area contributed by atoms with Gasteiger partial charge in [0, 0.05) is 31.7 Å². The minimum atomic E-state index is 0.375. The molecule has 0 aromatic rings. The Bertz CT molecular complexity index is 240. The average Bonchev–Trinajstić information content (AvgIpc) is 3.10. The zero-order valence-electron chi connectivity index (χ0n) is 14.1. The summed E-state index contributed by atoms with van der Waals surface area (Å²) in [5, 5.41) is 3.70. The summed E-state index contributed by atoms with van der Waals surface area (Å²) in [5.74, 6) is 0.757. The van der Waals surface area contributed by atoms with E-state index in [2.05, 4.69) is 51.8 Å². The second kappa shape index (κ2) is 7.64. The lowest BCUT2D eigenvalue weighted by Gasteiger charge is -2.38. The van der Waals surface area contributed by atoms with Crippen LogP contribution in [0.2, 0.25) is 0 Å². The molecule has 0 unspecified atom stereocenters. The van der Waals surface area contributed by atoms with Gasteiger partial charge in [0.2, 0.25) is 0 Å². The summed E-state index contributed by atoms with van der Waals surface area (Å²) < 4.78 is 0. The molecule has 0 saturated heterocycles. The van der Waals surface area contributed by atoms with Crippen molar-refractivity contribution in [3.8, 4) is 0 Å². The van der Waals surface area contributed by atoms with E-state index in [1.54, 1.807) is 0 Å². The van der Waals surface area contributed by atoms with E-state index in [0.717, 1.165) is 24.5 Å². The molecule has 0 radical (unpaired) electrons. The van der Waals surface area contributed by atoms with Gasteiger partial charge in [-0.1, -0.05) is 41.5 Å². The van der Waals surface area contributed by atoms with Crippen LogP contribution in [0, 0.1) is 11.3 Å². The van der Waals surface area contributed by atoms with Gasteiger partial charge in [0.15, 0.2) is 0 Å². The average molecular weight is 268 g/mol. The van der Waals surface area contributed by atoms with Crippen molar-refractivity contribution in [2.75, 3.05) is 19.6 Å². The predicted octanol–water partition coefficient (Wildman–Crippen LogP) is 3.91. The van der Waals surface area contributed by atoms with Crippen molar-refractivity contribution in [1.29, 1.82) is 0 Å². The summed E-state index contributed by atoms with van der Waals surface area (Å²) >= 11 is 0. The molecule has 0 atom stereocenters. The molecule has 0 amide bonds. The van der Waals surface area contributed by atoms with E-state index in [-0.39, 0.29) is 0 Å². The fourth-order valence-electron chi connectivity index (χ4n) is 2.93. The fourth-order valence-corrected chi connectivity index (χ4v) is 2.93. The van der Waals surface area contributed by atoms with Gasteiger partial charge in [0.05, 0.1) is 0 Å². The Morgan fingerprint density at radius 1 is 1.16 bits per heavy atom. The first-order valence-electron chi connectivity index (χ1n) is 8.35. The highest BCUT2D eigenvalue weighted by atomic mass is 15.2. The van der Waals surface area contributed by atoms with Crippen molar-refractivity contribution in [3.05, 3.63) is 0 Å². The van der Waals surface area contributed by atoms with E-state index < -0.39 is 0 Å². The molecule has 2 nitrogen and oxygen atoms in total. The van der Waals surface area contributed by atoms with Crippen LogP contribution in [0.1, 0.15) is 67.2 Å². The summed E-state index contributed by atoms with van der Waals surface area (Å²) in [6.07, 6.45) is 5.32. The lowest BCUT2D eigenvalue weighted by atomic mass is 9.91. The van der Waals surface area contributed by atoms with Gasteiger partial charge in [0.25, 0.3) is 0 Å². The molecule has 0 heterocycles. The van der Waals surface area contributed by atoms with Crippen molar-refractivity contribution >= 4 is 0 Å². The molecule has 1 N–H and O–H groups in total. The van der Waals surface area contributed by atoms with Crippen LogP contribution in [0.4, 0.5) is 0 Å². The zero-order chi connectivity index (χ0) is 14.5. The minimum Gasteiger partial charge on any atom is -0.313 e. The van der Waals surface area contributed by atoms with Crippen LogP contribution >= 0.6 is 0 Å². The summed E-state index contributed by atoms with van der Waals surface area (Å²) in [6.45, 7) is 17.8. The molecule has 0 aliphatic heterocycles. The normalized spacial score (nSPS) is 16.9. The molecule has 2 heteroatoms. The van der Waals surface area contributed by atoms with Gasteiger partial charge in [-0.05, 0) is 37.0 Å². The van der Waals surface area contributed by atoms with E-state index in [9.17, 15) is 0 Å². The number of rotatable bonds is 10. The van der Waals surface area contributed by atoms with Crippen molar-refractivity contribution in [2.24, 2.45) is 11.3 Å². The summed E-state index contributed by atoms with van der Waals surface area (Å²) in [4.78, 5) is 2.74. The Kier molecular flexibility index (Phi) is 6.82. The molecule has 0 aromatic carbocycles. The standard InChI is InChI=1S/C17H36N2/c1-7-16(8-2)19(11-14(3)4)13-17(5,6)12-18-15-9-10-15/h14-16,18H,7-13H2,1-6H3. The molecule has 0 bridgehead atoms. The summed E-state index contributed by atoms with van der Waals surface area (Å²) in [5.41, 5.74) is 0.375. The van der Waals surface area contributed by atoms with Crippen LogP contribution in [0.3, 0.4) is 0 Å². The topological polar surface area (TPSA) is 15.3 Å². The number of nitrogens with one attached hydrogen (secondary N) is 1. The zero-order valence-corrected chi connectivity index (χ0v) is 14.1. The Labute approximate surface area is 121 Å². The quantitative estimate of drug-likeness (QED) is 0.646. The van der Waals surface area contributed by atoms with Crippen molar-refractivity contribution < 1.29 is 0 Å². The molecule has 19 heavy (non-hydrogen) atoms. The first kappa shape index (κ1) is 17.0. The van der Waals surface area contributed by atoms with E-state index in [4.69, 9.17) is 0 Å². The first-order chi connectivity index (χ1) is 8.88. The van der Waals surface area contributed by atoms with Crippen LogP contribution < -0.4 is 5.32 Å². The second-order valence-electron chi connectivity index (χ2n) is 7.61.